The van der Waals surface area contributed by atoms with Gasteiger partial charge in [-0.2, -0.15) is 0 Å². The number of hydrogen-bond acceptors (Lipinski definition) is 4. The van der Waals surface area contributed by atoms with Crippen molar-refractivity contribution in [2.45, 2.75) is 23.5 Å². The minimum Gasteiger partial charge on any atom is -0.325 e. The number of hydrogen-bond donors (Lipinski definition) is 3. The molecule has 0 heterocycles. The maximum absolute atomic E-state index is 13.4. The van der Waals surface area contributed by atoms with E-state index in [9.17, 15) is 14.4 Å². The van der Waals surface area contributed by atoms with Crippen LogP contribution in [0, 0.1) is 3.57 Å². The molecule has 3 amide bonds. The third-order valence-corrected chi connectivity index (χ3v) is 8.40. The normalized spacial score (nSPS) is 11.8. The molecule has 0 saturated carbocycles. The van der Waals surface area contributed by atoms with Crippen LogP contribution in [0.2, 0.25) is 0 Å². The van der Waals surface area contributed by atoms with Crippen LogP contribution >= 0.6 is 50.3 Å². The Morgan fingerprint density at radius 2 is 1.59 bits per heavy atom. The van der Waals surface area contributed by atoms with Crippen molar-refractivity contribution in [3.8, 4) is 0 Å². The molecule has 0 spiro atoms. The number of thioether (sulfide) groups is 1. The van der Waals surface area contributed by atoms with Crippen molar-refractivity contribution in [3.63, 3.8) is 0 Å². The molecule has 0 aliphatic heterocycles. The molecule has 208 valence electrons. The molecule has 3 N–H and O–H groups in total. The Labute approximate surface area is 265 Å². The van der Waals surface area contributed by atoms with Crippen LogP contribution in [0.1, 0.15) is 29.3 Å². The minimum absolute atomic E-state index is 0.0870. The van der Waals surface area contributed by atoms with E-state index in [1.54, 1.807) is 36.4 Å². The van der Waals surface area contributed by atoms with Gasteiger partial charge >= 0.3 is 0 Å². The molecule has 0 fully saturated rings. The van der Waals surface area contributed by atoms with E-state index in [0.29, 0.717) is 17.7 Å². The number of halogens is 2. The zero-order chi connectivity index (χ0) is 29.2. The lowest BCUT2D eigenvalue weighted by Gasteiger charge is -2.16. The van der Waals surface area contributed by atoms with E-state index in [2.05, 4.69) is 54.5 Å². The van der Waals surface area contributed by atoms with Crippen LogP contribution < -0.4 is 16.0 Å². The fourth-order valence-electron chi connectivity index (χ4n) is 3.79. The predicted molar refractivity (Wildman–Crippen MR) is 179 cm³/mol. The molecule has 0 aromatic heterocycles. The average Bonchev–Trinajstić information content (AvgIpc) is 2.97. The second-order valence-electron chi connectivity index (χ2n) is 8.93. The second kappa shape index (κ2) is 15.0. The molecule has 0 aliphatic rings. The van der Waals surface area contributed by atoms with Gasteiger partial charge in [-0.05, 0) is 107 Å². The summed E-state index contributed by atoms with van der Waals surface area (Å²) in [5.41, 5.74) is 2.57. The van der Waals surface area contributed by atoms with Crippen molar-refractivity contribution in [2.75, 3.05) is 10.6 Å². The Morgan fingerprint density at radius 3 is 2.29 bits per heavy atom. The summed E-state index contributed by atoms with van der Waals surface area (Å²) in [6.45, 7) is 1.96. The van der Waals surface area contributed by atoms with Crippen LogP contribution in [0.25, 0.3) is 6.08 Å². The third kappa shape index (κ3) is 9.31. The van der Waals surface area contributed by atoms with Crippen molar-refractivity contribution >= 4 is 85.5 Å². The highest BCUT2D eigenvalue weighted by molar-refractivity contribution is 14.1. The van der Waals surface area contributed by atoms with Gasteiger partial charge in [-0.25, -0.2) is 0 Å². The van der Waals surface area contributed by atoms with Crippen LogP contribution in [0.5, 0.6) is 0 Å². The number of carbonyl (C=O) groups excluding carboxylic acids is 3. The lowest BCUT2D eigenvalue weighted by atomic mass is 10.1. The van der Waals surface area contributed by atoms with Gasteiger partial charge in [0.15, 0.2) is 0 Å². The van der Waals surface area contributed by atoms with Crippen LogP contribution in [0.4, 0.5) is 11.4 Å². The topological polar surface area (TPSA) is 87.3 Å². The Balaban J connectivity index is 1.49. The summed E-state index contributed by atoms with van der Waals surface area (Å²) >= 11 is 7.10. The van der Waals surface area contributed by atoms with Gasteiger partial charge in [0.25, 0.3) is 11.8 Å². The second-order valence-corrected chi connectivity index (χ2v) is 12.4. The molecular weight excluding hydrogens is 713 g/mol. The first-order chi connectivity index (χ1) is 19.8. The first-order valence-corrected chi connectivity index (χ1v) is 15.5. The average molecular weight is 740 g/mol. The monoisotopic (exact) mass is 739 g/mol. The largest absolute Gasteiger partial charge is 0.325 e. The summed E-state index contributed by atoms with van der Waals surface area (Å²) in [5.74, 6) is -0.952. The fraction of sp³-hybridized carbons (Fsp3) is 0.0938. The van der Waals surface area contributed by atoms with Gasteiger partial charge < -0.3 is 16.0 Å². The first-order valence-electron chi connectivity index (χ1n) is 12.8. The summed E-state index contributed by atoms with van der Waals surface area (Å²) in [6.07, 6.45) is 2.25. The number of amides is 3. The molecule has 4 aromatic rings. The molecule has 0 radical (unpaired) electrons. The van der Waals surface area contributed by atoms with E-state index in [1.807, 2.05) is 79.7 Å². The highest BCUT2D eigenvalue weighted by atomic mass is 127. The summed E-state index contributed by atoms with van der Waals surface area (Å²) in [7, 11) is 0. The van der Waals surface area contributed by atoms with Gasteiger partial charge in [0.05, 0.1) is 5.25 Å². The van der Waals surface area contributed by atoms with Gasteiger partial charge in [-0.15, -0.1) is 11.8 Å². The minimum atomic E-state index is -0.472. The molecule has 4 rings (SSSR count). The molecule has 9 heteroatoms. The summed E-state index contributed by atoms with van der Waals surface area (Å²) < 4.78 is 1.94. The van der Waals surface area contributed by atoms with Crippen molar-refractivity contribution in [1.82, 2.24) is 5.32 Å². The molecule has 1 atom stereocenters. The maximum Gasteiger partial charge on any atom is 0.272 e. The van der Waals surface area contributed by atoms with Crippen molar-refractivity contribution in [2.24, 2.45) is 0 Å². The molecular formula is C32H27BrIN3O3S. The molecule has 41 heavy (non-hydrogen) atoms. The fourth-order valence-corrected chi connectivity index (χ4v) is 5.58. The number of rotatable bonds is 10. The lowest BCUT2D eigenvalue weighted by molar-refractivity contribution is -0.116. The first kappa shape index (κ1) is 30.5. The van der Waals surface area contributed by atoms with Crippen molar-refractivity contribution in [1.29, 1.82) is 0 Å². The van der Waals surface area contributed by atoms with E-state index in [-0.39, 0.29) is 16.9 Å². The van der Waals surface area contributed by atoms with Crippen LogP contribution in [-0.4, -0.2) is 23.0 Å². The zero-order valence-electron chi connectivity index (χ0n) is 22.1. The summed E-state index contributed by atoms with van der Waals surface area (Å²) in [6, 6.07) is 31.1. The maximum atomic E-state index is 13.4. The quantitative estimate of drug-likeness (QED) is 0.0875. The lowest BCUT2D eigenvalue weighted by Crippen LogP contribution is -2.30. The van der Waals surface area contributed by atoms with Gasteiger partial charge in [0, 0.05) is 29.9 Å². The van der Waals surface area contributed by atoms with E-state index in [1.165, 1.54) is 11.8 Å². The van der Waals surface area contributed by atoms with Gasteiger partial charge in [0.2, 0.25) is 5.91 Å². The van der Waals surface area contributed by atoms with Crippen molar-refractivity contribution in [3.05, 3.63) is 128 Å². The Hall–Kier alpha value is -3.41. The number of anilines is 2. The molecule has 0 saturated heterocycles. The molecule has 6 nitrogen and oxygen atoms in total. The summed E-state index contributed by atoms with van der Waals surface area (Å²) in [4.78, 5) is 40.1. The number of nitrogens with one attached hydrogen (secondary N) is 3. The highest BCUT2D eigenvalue weighted by Crippen LogP contribution is 2.29. The smallest absolute Gasteiger partial charge is 0.272 e. The molecule has 0 bridgehead atoms. The van der Waals surface area contributed by atoms with E-state index >= 15 is 0 Å². The van der Waals surface area contributed by atoms with Gasteiger partial charge in [0.1, 0.15) is 5.70 Å². The number of carbonyl (C=O) groups is 3. The number of benzene rings is 4. The molecule has 1 unspecified atom stereocenters. The molecule has 4 aromatic carbocycles. The van der Waals surface area contributed by atoms with E-state index in [4.69, 9.17) is 0 Å². The van der Waals surface area contributed by atoms with Crippen LogP contribution in [0.15, 0.2) is 118 Å². The Kier molecular flexibility index (Phi) is 11.2. The van der Waals surface area contributed by atoms with Crippen molar-refractivity contribution < 1.29 is 14.4 Å². The van der Waals surface area contributed by atoms with E-state index < -0.39 is 11.8 Å². The SMILES string of the molecule is CCC(Sc1cccc(NC(=O)/C(=C\c2cccc(Br)c2)NC(=O)c2ccccc2)c1)C(=O)Nc1ccc(I)cc1. The Morgan fingerprint density at radius 1 is 0.854 bits per heavy atom. The standard InChI is InChI=1S/C32H27BrIN3O3S/c1-2-29(32(40)35-25-16-14-24(34)15-17-25)41-27-13-7-12-26(20-27)36-31(39)28(19-21-8-6-11-23(33)18-21)37-30(38)22-9-4-3-5-10-22/h3-20,29H,2H2,1H3,(H,35,40)(H,36,39)(H,37,38)/b28-19+. The Bertz CT molecular complexity index is 1560. The zero-order valence-corrected chi connectivity index (χ0v) is 26.6. The van der Waals surface area contributed by atoms with E-state index in [0.717, 1.165) is 24.2 Å². The van der Waals surface area contributed by atoms with Gasteiger partial charge in [-0.1, -0.05) is 59.3 Å². The summed E-state index contributed by atoms with van der Waals surface area (Å²) in [5, 5.41) is 8.30. The van der Waals surface area contributed by atoms with Crippen LogP contribution in [-0.2, 0) is 9.59 Å². The van der Waals surface area contributed by atoms with Crippen LogP contribution in [0.3, 0.4) is 0 Å². The highest BCUT2D eigenvalue weighted by Gasteiger charge is 2.19. The third-order valence-electron chi connectivity index (χ3n) is 5.83. The molecule has 0 aliphatic carbocycles. The van der Waals surface area contributed by atoms with Gasteiger partial charge in [-0.3, -0.25) is 14.4 Å². The predicted octanol–water partition coefficient (Wildman–Crippen LogP) is 7.97.